The number of piperidine rings is 1. The van der Waals surface area contributed by atoms with Gasteiger partial charge >= 0.3 is 6.09 Å². The Morgan fingerprint density at radius 1 is 1.41 bits per heavy atom. The summed E-state index contributed by atoms with van der Waals surface area (Å²) >= 11 is 0. The zero-order valence-corrected chi connectivity index (χ0v) is 11.0. The van der Waals surface area contributed by atoms with Gasteiger partial charge in [0.25, 0.3) is 0 Å². The number of ether oxygens (including phenoxy) is 1. The van der Waals surface area contributed by atoms with Crippen molar-refractivity contribution in [3.05, 3.63) is 12.2 Å². The minimum Gasteiger partial charge on any atom is -0.444 e. The zero-order valence-electron chi connectivity index (χ0n) is 11.0. The van der Waals surface area contributed by atoms with Crippen molar-refractivity contribution < 1.29 is 14.6 Å². The minimum atomic E-state index is -0.442. The van der Waals surface area contributed by atoms with Crippen molar-refractivity contribution in [2.45, 2.75) is 39.2 Å². The third-order valence-corrected chi connectivity index (χ3v) is 2.93. The normalized spacial score (nSPS) is 18.0. The summed E-state index contributed by atoms with van der Waals surface area (Å²) < 4.78 is 5.31. The van der Waals surface area contributed by atoms with Gasteiger partial charge in [-0.15, -0.1) is 0 Å². The second-order valence-electron chi connectivity index (χ2n) is 5.56. The summed E-state index contributed by atoms with van der Waals surface area (Å²) in [6.07, 6.45) is 1.47. The molecule has 1 aliphatic heterocycles. The number of rotatable bonds is 2. The molecular formula is C13H23NO3. The Hall–Kier alpha value is -1.03. The van der Waals surface area contributed by atoms with E-state index >= 15 is 0 Å². The molecule has 0 unspecified atom stereocenters. The van der Waals surface area contributed by atoms with Gasteiger partial charge in [0.1, 0.15) is 5.60 Å². The maximum absolute atomic E-state index is 11.8. The fourth-order valence-corrected chi connectivity index (χ4v) is 1.93. The van der Waals surface area contributed by atoms with Crippen LogP contribution in [0.3, 0.4) is 0 Å². The topological polar surface area (TPSA) is 49.8 Å². The number of hydrogen-bond acceptors (Lipinski definition) is 3. The van der Waals surface area contributed by atoms with Crippen LogP contribution in [-0.2, 0) is 4.74 Å². The molecule has 4 nitrogen and oxygen atoms in total. The van der Waals surface area contributed by atoms with Gasteiger partial charge in [-0.3, -0.25) is 0 Å². The quantitative estimate of drug-likeness (QED) is 0.754. The molecule has 1 saturated heterocycles. The summed E-state index contributed by atoms with van der Waals surface area (Å²) in [5, 5.41) is 9.01. The molecule has 0 aromatic rings. The van der Waals surface area contributed by atoms with Crippen molar-refractivity contribution in [1.82, 2.24) is 4.90 Å². The molecule has 0 spiro atoms. The standard InChI is InChI=1S/C13H23NO3/c1-10(9-15)11-5-7-14(8-6-11)12(16)17-13(2,3)4/h11,15H,1,5-9H2,2-4H3. The molecule has 0 aromatic carbocycles. The third-order valence-electron chi connectivity index (χ3n) is 2.93. The lowest BCUT2D eigenvalue weighted by molar-refractivity contribution is 0.0192. The van der Waals surface area contributed by atoms with Crippen LogP contribution in [0.1, 0.15) is 33.6 Å². The van der Waals surface area contributed by atoms with Gasteiger partial charge in [-0.2, -0.15) is 0 Å². The van der Waals surface area contributed by atoms with Crippen LogP contribution >= 0.6 is 0 Å². The third kappa shape index (κ3) is 4.38. The molecule has 0 aliphatic carbocycles. The number of carbonyl (C=O) groups is 1. The molecule has 1 aliphatic rings. The Balaban J connectivity index is 2.42. The Labute approximate surface area is 103 Å². The largest absolute Gasteiger partial charge is 0.444 e. The van der Waals surface area contributed by atoms with Crippen molar-refractivity contribution in [3.8, 4) is 0 Å². The van der Waals surface area contributed by atoms with E-state index in [-0.39, 0.29) is 12.7 Å². The van der Waals surface area contributed by atoms with E-state index in [0.29, 0.717) is 19.0 Å². The van der Waals surface area contributed by atoms with E-state index in [1.807, 2.05) is 20.8 Å². The highest BCUT2D eigenvalue weighted by Crippen LogP contribution is 2.24. The number of carbonyl (C=O) groups excluding carboxylic acids is 1. The molecule has 1 amide bonds. The highest BCUT2D eigenvalue weighted by Gasteiger charge is 2.27. The molecule has 0 aromatic heterocycles. The maximum Gasteiger partial charge on any atom is 0.410 e. The van der Waals surface area contributed by atoms with Gasteiger partial charge in [-0.05, 0) is 45.1 Å². The lowest BCUT2D eigenvalue weighted by atomic mass is 9.90. The van der Waals surface area contributed by atoms with Crippen molar-refractivity contribution in [1.29, 1.82) is 0 Å². The molecule has 1 heterocycles. The maximum atomic E-state index is 11.8. The van der Waals surface area contributed by atoms with Gasteiger partial charge in [0, 0.05) is 13.1 Å². The average Bonchev–Trinajstić information content (AvgIpc) is 2.26. The van der Waals surface area contributed by atoms with Crippen LogP contribution in [0.25, 0.3) is 0 Å². The van der Waals surface area contributed by atoms with E-state index in [1.165, 1.54) is 0 Å². The fraction of sp³-hybridized carbons (Fsp3) is 0.769. The number of nitrogens with zero attached hydrogens (tertiary/aromatic N) is 1. The van der Waals surface area contributed by atoms with E-state index in [0.717, 1.165) is 18.4 Å². The number of likely N-dealkylation sites (tertiary alicyclic amines) is 1. The molecule has 1 fully saturated rings. The van der Waals surface area contributed by atoms with Gasteiger partial charge in [-0.1, -0.05) is 6.58 Å². The smallest absolute Gasteiger partial charge is 0.410 e. The first-order chi connectivity index (χ1) is 7.83. The lowest BCUT2D eigenvalue weighted by Crippen LogP contribution is -2.42. The Morgan fingerprint density at radius 2 is 1.94 bits per heavy atom. The molecule has 0 radical (unpaired) electrons. The van der Waals surface area contributed by atoms with Gasteiger partial charge in [0.15, 0.2) is 0 Å². The van der Waals surface area contributed by atoms with Crippen LogP contribution in [-0.4, -0.2) is 41.4 Å². The first-order valence-electron chi connectivity index (χ1n) is 6.10. The molecule has 0 atom stereocenters. The van der Waals surface area contributed by atoms with Crippen LogP contribution in [0.15, 0.2) is 12.2 Å². The second-order valence-corrected chi connectivity index (χ2v) is 5.56. The van der Waals surface area contributed by atoms with Gasteiger partial charge in [0.2, 0.25) is 0 Å². The van der Waals surface area contributed by atoms with Crippen molar-refractivity contribution >= 4 is 6.09 Å². The Morgan fingerprint density at radius 3 is 2.35 bits per heavy atom. The molecule has 4 heteroatoms. The van der Waals surface area contributed by atoms with E-state index in [9.17, 15) is 4.79 Å². The highest BCUT2D eigenvalue weighted by atomic mass is 16.6. The Bertz CT molecular complexity index is 286. The molecule has 0 saturated carbocycles. The first-order valence-corrected chi connectivity index (χ1v) is 6.10. The SMILES string of the molecule is C=C(CO)C1CCN(C(=O)OC(C)(C)C)CC1. The van der Waals surface area contributed by atoms with E-state index < -0.39 is 5.60 Å². The summed E-state index contributed by atoms with van der Waals surface area (Å²) in [7, 11) is 0. The summed E-state index contributed by atoms with van der Waals surface area (Å²) in [6.45, 7) is 10.8. The molecule has 0 bridgehead atoms. The van der Waals surface area contributed by atoms with Crippen LogP contribution in [0.2, 0.25) is 0 Å². The fourth-order valence-electron chi connectivity index (χ4n) is 1.93. The van der Waals surface area contributed by atoms with Crippen LogP contribution in [0.5, 0.6) is 0 Å². The zero-order chi connectivity index (χ0) is 13.1. The number of aliphatic hydroxyl groups is 1. The van der Waals surface area contributed by atoms with E-state index in [1.54, 1.807) is 4.90 Å². The van der Waals surface area contributed by atoms with Crippen molar-refractivity contribution in [2.75, 3.05) is 19.7 Å². The predicted octanol–water partition coefficient (Wildman–Crippen LogP) is 2.18. The Kier molecular flexibility index (Phi) is 4.57. The number of amides is 1. The highest BCUT2D eigenvalue weighted by molar-refractivity contribution is 5.68. The van der Waals surface area contributed by atoms with Crippen LogP contribution < -0.4 is 0 Å². The molecule has 1 N–H and O–H groups in total. The van der Waals surface area contributed by atoms with E-state index in [2.05, 4.69) is 6.58 Å². The summed E-state index contributed by atoms with van der Waals surface area (Å²) in [4.78, 5) is 13.5. The molecule has 17 heavy (non-hydrogen) atoms. The first kappa shape index (κ1) is 14.0. The molecular weight excluding hydrogens is 218 g/mol. The van der Waals surface area contributed by atoms with Gasteiger partial charge in [-0.25, -0.2) is 4.79 Å². The monoisotopic (exact) mass is 241 g/mol. The molecule has 1 rings (SSSR count). The second kappa shape index (κ2) is 5.54. The van der Waals surface area contributed by atoms with Crippen LogP contribution in [0.4, 0.5) is 4.79 Å². The number of hydrogen-bond donors (Lipinski definition) is 1. The summed E-state index contributed by atoms with van der Waals surface area (Å²) in [5.41, 5.74) is 0.427. The minimum absolute atomic E-state index is 0.0388. The summed E-state index contributed by atoms with van der Waals surface area (Å²) in [6, 6.07) is 0. The predicted molar refractivity (Wildman–Crippen MR) is 66.8 cm³/mol. The van der Waals surface area contributed by atoms with Gasteiger partial charge in [0.05, 0.1) is 6.61 Å². The van der Waals surface area contributed by atoms with Crippen molar-refractivity contribution in [2.24, 2.45) is 5.92 Å². The lowest BCUT2D eigenvalue weighted by Gasteiger charge is -2.33. The van der Waals surface area contributed by atoms with E-state index in [4.69, 9.17) is 9.84 Å². The molecule has 98 valence electrons. The summed E-state index contributed by atoms with van der Waals surface area (Å²) in [5.74, 6) is 0.332. The van der Waals surface area contributed by atoms with Crippen molar-refractivity contribution in [3.63, 3.8) is 0 Å². The average molecular weight is 241 g/mol. The van der Waals surface area contributed by atoms with Gasteiger partial charge < -0.3 is 14.7 Å². The van der Waals surface area contributed by atoms with Crippen LogP contribution in [0, 0.1) is 5.92 Å². The number of aliphatic hydroxyl groups excluding tert-OH is 1.